The van der Waals surface area contributed by atoms with Gasteiger partial charge in [-0.05, 0) is 0 Å². The van der Waals surface area contributed by atoms with Crippen LogP contribution < -0.4 is 5.32 Å². The smallest absolute Gasteiger partial charge is 0.223 e. The van der Waals surface area contributed by atoms with Gasteiger partial charge in [-0.25, -0.2) is 0 Å². The van der Waals surface area contributed by atoms with Gasteiger partial charge in [0.1, 0.15) is 0 Å². The summed E-state index contributed by atoms with van der Waals surface area (Å²) in [5.74, 6) is 1.36. The first-order valence-electron chi connectivity index (χ1n) is 4.22. The van der Waals surface area contributed by atoms with E-state index in [2.05, 4.69) is 5.32 Å². The molecule has 0 aromatic rings. The average molecular weight is 188 g/mol. The van der Waals surface area contributed by atoms with Crippen molar-refractivity contribution in [3.63, 3.8) is 0 Å². The molecule has 0 bridgehead atoms. The van der Waals surface area contributed by atoms with E-state index in [9.17, 15) is 4.79 Å². The first kappa shape index (κ1) is 9.86. The SMILES string of the molecule is CN(C)C(=O)CC1CNCCS1. The Balaban J connectivity index is 2.24. The van der Waals surface area contributed by atoms with E-state index in [1.165, 1.54) is 0 Å². The van der Waals surface area contributed by atoms with Crippen LogP contribution in [-0.4, -0.2) is 49.0 Å². The monoisotopic (exact) mass is 188 g/mol. The molecule has 1 aliphatic rings. The van der Waals surface area contributed by atoms with E-state index < -0.39 is 0 Å². The standard InChI is InChI=1S/C8H16N2OS/c1-10(2)8(11)5-7-6-9-3-4-12-7/h7,9H,3-6H2,1-2H3. The predicted octanol–water partition coefficient (Wildman–Crippen LogP) is 0.170. The summed E-state index contributed by atoms with van der Waals surface area (Å²) in [6.07, 6.45) is 0.671. The summed E-state index contributed by atoms with van der Waals surface area (Å²) < 4.78 is 0. The number of hydrogen-bond acceptors (Lipinski definition) is 3. The van der Waals surface area contributed by atoms with Crippen LogP contribution in [0.5, 0.6) is 0 Å². The molecule has 0 aliphatic carbocycles. The van der Waals surface area contributed by atoms with Crippen molar-refractivity contribution in [2.24, 2.45) is 0 Å². The van der Waals surface area contributed by atoms with Gasteiger partial charge >= 0.3 is 0 Å². The summed E-state index contributed by atoms with van der Waals surface area (Å²) in [6.45, 7) is 2.06. The molecule has 70 valence electrons. The van der Waals surface area contributed by atoms with Crippen LogP contribution in [-0.2, 0) is 4.79 Å². The van der Waals surface area contributed by atoms with Gasteiger partial charge in [-0.2, -0.15) is 11.8 Å². The Morgan fingerprint density at radius 2 is 2.42 bits per heavy atom. The van der Waals surface area contributed by atoms with Gasteiger partial charge in [-0.3, -0.25) is 4.79 Å². The Morgan fingerprint density at radius 1 is 1.67 bits per heavy atom. The summed E-state index contributed by atoms with van der Waals surface area (Å²) in [5.41, 5.74) is 0. The Labute approximate surface area is 77.9 Å². The molecular weight excluding hydrogens is 172 g/mol. The molecule has 0 aromatic heterocycles. The number of amides is 1. The lowest BCUT2D eigenvalue weighted by Gasteiger charge is -2.23. The van der Waals surface area contributed by atoms with Crippen LogP contribution in [0.3, 0.4) is 0 Å². The number of hydrogen-bond donors (Lipinski definition) is 1. The lowest BCUT2D eigenvalue weighted by Crippen LogP contribution is -2.36. The molecule has 1 atom stereocenters. The zero-order valence-electron chi connectivity index (χ0n) is 7.67. The summed E-state index contributed by atoms with van der Waals surface area (Å²) in [4.78, 5) is 13.0. The molecule has 1 heterocycles. The number of carbonyl (C=O) groups is 1. The first-order valence-corrected chi connectivity index (χ1v) is 5.27. The molecule has 1 rings (SSSR count). The second-order valence-corrected chi connectivity index (χ2v) is 4.60. The molecule has 0 spiro atoms. The Bertz CT molecular complexity index is 155. The molecule has 1 N–H and O–H groups in total. The third-order valence-corrected chi connectivity index (χ3v) is 3.15. The van der Waals surface area contributed by atoms with Gasteiger partial charge in [0.15, 0.2) is 0 Å². The fraction of sp³-hybridized carbons (Fsp3) is 0.875. The largest absolute Gasteiger partial charge is 0.349 e. The zero-order valence-corrected chi connectivity index (χ0v) is 8.49. The number of rotatable bonds is 2. The van der Waals surface area contributed by atoms with Gasteiger partial charge in [0.25, 0.3) is 0 Å². The van der Waals surface area contributed by atoms with Crippen molar-refractivity contribution in [1.82, 2.24) is 10.2 Å². The van der Waals surface area contributed by atoms with E-state index >= 15 is 0 Å². The maximum absolute atomic E-state index is 11.3. The second kappa shape index (κ2) is 4.72. The third kappa shape index (κ3) is 3.03. The van der Waals surface area contributed by atoms with Crippen molar-refractivity contribution in [1.29, 1.82) is 0 Å². The lowest BCUT2D eigenvalue weighted by molar-refractivity contribution is -0.128. The van der Waals surface area contributed by atoms with Crippen molar-refractivity contribution in [3.8, 4) is 0 Å². The van der Waals surface area contributed by atoms with E-state index in [0.29, 0.717) is 11.7 Å². The molecule has 0 aromatic carbocycles. The maximum atomic E-state index is 11.3. The molecule has 1 saturated heterocycles. The fourth-order valence-corrected chi connectivity index (χ4v) is 2.22. The van der Waals surface area contributed by atoms with Crippen LogP contribution in [0, 0.1) is 0 Å². The quantitative estimate of drug-likeness (QED) is 0.670. The van der Waals surface area contributed by atoms with E-state index in [4.69, 9.17) is 0 Å². The van der Waals surface area contributed by atoms with Crippen LogP contribution in [0.15, 0.2) is 0 Å². The zero-order chi connectivity index (χ0) is 8.97. The number of nitrogens with one attached hydrogen (secondary N) is 1. The van der Waals surface area contributed by atoms with Crippen molar-refractivity contribution < 1.29 is 4.79 Å². The molecule has 12 heavy (non-hydrogen) atoms. The second-order valence-electron chi connectivity index (χ2n) is 3.19. The molecule has 0 radical (unpaired) electrons. The molecule has 1 aliphatic heterocycles. The Kier molecular flexibility index (Phi) is 3.88. The molecule has 3 nitrogen and oxygen atoms in total. The van der Waals surface area contributed by atoms with Crippen LogP contribution in [0.2, 0.25) is 0 Å². The fourth-order valence-electron chi connectivity index (χ4n) is 1.13. The van der Waals surface area contributed by atoms with E-state index in [1.807, 2.05) is 25.9 Å². The van der Waals surface area contributed by atoms with Gasteiger partial charge < -0.3 is 10.2 Å². The number of thioether (sulfide) groups is 1. The molecular formula is C8H16N2OS. The number of nitrogens with zero attached hydrogens (tertiary/aromatic N) is 1. The van der Waals surface area contributed by atoms with Gasteiger partial charge in [0.05, 0.1) is 0 Å². The van der Waals surface area contributed by atoms with E-state index in [0.717, 1.165) is 18.8 Å². The highest BCUT2D eigenvalue weighted by molar-refractivity contribution is 8.00. The topological polar surface area (TPSA) is 32.3 Å². The van der Waals surface area contributed by atoms with Crippen molar-refractivity contribution >= 4 is 17.7 Å². The number of carbonyl (C=O) groups excluding carboxylic acids is 1. The van der Waals surface area contributed by atoms with Crippen LogP contribution in [0.1, 0.15) is 6.42 Å². The molecule has 4 heteroatoms. The Morgan fingerprint density at radius 3 is 2.92 bits per heavy atom. The first-order chi connectivity index (χ1) is 5.70. The highest BCUT2D eigenvalue weighted by Crippen LogP contribution is 2.16. The minimum Gasteiger partial charge on any atom is -0.349 e. The highest BCUT2D eigenvalue weighted by Gasteiger charge is 2.17. The van der Waals surface area contributed by atoms with Crippen molar-refractivity contribution in [2.75, 3.05) is 32.9 Å². The van der Waals surface area contributed by atoms with Crippen LogP contribution >= 0.6 is 11.8 Å². The Hall–Kier alpha value is -0.220. The lowest BCUT2D eigenvalue weighted by atomic mass is 10.2. The van der Waals surface area contributed by atoms with E-state index in [1.54, 1.807) is 4.90 Å². The van der Waals surface area contributed by atoms with Gasteiger partial charge in [-0.15, -0.1) is 0 Å². The van der Waals surface area contributed by atoms with E-state index in [-0.39, 0.29) is 5.91 Å². The minimum atomic E-state index is 0.233. The highest BCUT2D eigenvalue weighted by atomic mass is 32.2. The summed E-state index contributed by atoms with van der Waals surface area (Å²) in [6, 6.07) is 0. The van der Waals surface area contributed by atoms with Crippen LogP contribution in [0.4, 0.5) is 0 Å². The summed E-state index contributed by atoms with van der Waals surface area (Å²) in [5, 5.41) is 3.77. The molecule has 1 fully saturated rings. The minimum absolute atomic E-state index is 0.233. The van der Waals surface area contributed by atoms with Gasteiger partial charge in [0.2, 0.25) is 5.91 Å². The van der Waals surface area contributed by atoms with Crippen LogP contribution in [0.25, 0.3) is 0 Å². The average Bonchev–Trinajstić information content (AvgIpc) is 2.06. The normalized spacial score (nSPS) is 23.7. The molecule has 0 saturated carbocycles. The third-order valence-electron chi connectivity index (χ3n) is 1.91. The molecule has 1 unspecified atom stereocenters. The van der Waals surface area contributed by atoms with Gasteiger partial charge in [-0.1, -0.05) is 0 Å². The predicted molar refractivity (Wildman–Crippen MR) is 52.4 cm³/mol. The summed E-state index contributed by atoms with van der Waals surface area (Å²) >= 11 is 1.90. The molecule has 1 amide bonds. The summed E-state index contributed by atoms with van der Waals surface area (Å²) in [7, 11) is 3.62. The van der Waals surface area contributed by atoms with Gasteiger partial charge in [0, 0.05) is 44.6 Å². The van der Waals surface area contributed by atoms with Crippen molar-refractivity contribution in [3.05, 3.63) is 0 Å². The van der Waals surface area contributed by atoms with Crippen molar-refractivity contribution in [2.45, 2.75) is 11.7 Å². The maximum Gasteiger partial charge on any atom is 0.223 e.